The molecule has 0 spiro atoms. The maximum absolute atomic E-state index is 12.2. The van der Waals surface area contributed by atoms with Gasteiger partial charge in [0.25, 0.3) is 11.8 Å². The second-order valence-electron chi connectivity index (χ2n) is 6.29. The van der Waals surface area contributed by atoms with E-state index in [1.165, 1.54) is 19.2 Å². The van der Waals surface area contributed by atoms with Crippen molar-refractivity contribution >= 4 is 17.8 Å². The van der Waals surface area contributed by atoms with E-state index < -0.39 is 30.6 Å². The van der Waals surface area contributed by atoms with Crippen LogP contribution >= 0.6 is 0 Å². The quantitative estimate of drug-likeness (QED) is 0.310. The van der Waals surface area contributed by atoms with Gasteiger partial charge >= 0.3 is 5.97 Å². The molecule has 29 heavy (non-hydrogen) atoms. The summed E-state index contributed by atoms with van der Waals surface area (Å²) in [5.74, 6) is -2.33. The number of imide groups is 1. The highest BCUT2D eigenvalue weighted by Crippen LogP contribution is 2.22. The summed E-state index contributed by atoms with van der Waals surface area (Å²) in [7, 11) is 1.25. The zero-order valence-corrected chi connectivity index (χ0v) is 15.5. The average molecular weight is 398 g/mol. The first kappa shape index (κ1) is 19.8. The van der Waals surface area contributed by atoms with E-state index in [1.54, 1.807) is 42.5 Å². The maximum Gasteiger partial charge on any atom is 0.332 e. The van der Waals surface area contributed by atoms with Crippen molar-refractivity contribution < 1.29 is 29.3 Å². The van der Waals surface area contributed by atoms with E-state index >= 15 is 0 Å². The van der Waals surface area contributed by atoms with Crippen molar-refractivity contribution in [2.45, 2.75) is 12.5 Å². The lowest BCUT2D eigenvalue weighted by molar-refractivity contribution is -0.710. The van der Waals surface area contributed by atoms with Gasteiger partial charge in [0.2, 0.25) is 12.0 Å². The van der Waals surface area contributed by atoms with Crippen molar-refractivity contribution in [3.05, 3.63) is 76.5 Å². The fourth-order valence-electron chi connectivity index (χ4n) is 2.88. The number of carboxylic acid groups (broad SMARTS) is 1. The molecule has 0 saturated heterocycles. The maximum atomic E-state index is 12.2. The van der Waals surface area contributed by atoms with E-state index in [2.05, 4.69) is 5.28 Å². The third-order valence-corrected chi connectivity index (χ3v) is 4.47. The average Bonchev–Trinajstić information content (AvgIpc) is 2.97. The van der Waals surface area contributed by atoms with Gasteiger partial charge in [-0.25, -0.2) is 9.69 Å². The minimum absolute atomic E-state index is 0.0279. The van der Waals surface area contributed by atoms with Crippen LogP contribution in [0, 0.1) is 5.21 Å². The molecule has 150 valence electrons. The molecule has 0 fully saturated rings. The fraction of sp³-hybridized carbons (Fsp3) is 0.211. The van der Waals surface area contributed by atoms with Crippen LogP contribution in [0.4, 0.5) is 0 Å². The number of hydrazine groups is 1. The van der Waals surface area contributed by atoms with Crippen LogP contribution in [0.15, 0.2) is 59.9 Å². The van der Waals surface area contributed by atoms with Crippen molar-refractivity contribution in [3.63, 3.8) is 0 Å². The Morgan fingerprint density at radius 2 is 1.69 bits per heavy atom. The molecular weight excluding hydrogens is 380 g/mol. The Bertz CT molecular complexity index is 927. The molecule has 1 aliphatic heterocycles. The number of benzene rings is 2. The molecule has 2 aromatic carbocycles. The molecule has 0 saturated carbocycles. The highest BCUT2D eigenvalue weighted by Gasteiger charge is 2.36. The molecular formula is C19H18N4O6. The van der Waals surface area contributed by atoms with E-state index in [9.17, 15) is 24.7 Å². The van der Waals surface area contributed by atoms with Crippen LogP contribution in [0.3, 0.4) is 0 Å². The number of likely N-dealkylation sites (N-methyl/N-ethyl adjacent to an activating group) is 1. The lowest BCUT2D eigenvalue weighted by atomic mass is 10.1. The van der Waals surface area contributed by atoms with Crippen molar-refractivity contribution in [2.75, 3.05) is 13.8 Å². The summed E-state index contributed by atoms with van der Waals surface area (Å²) in [6, 6.07) is 13.9. The van der Waals surface area contributed by atoms with Gasteiger partial charge in [0.15, 0.2) is 6.04 Å². The summed E-state index contributed by atoms with van der Waals surface area (Å²) in [5.41, 5.74) is 1.21. The van der Waals surface area contributed by atoms with Crippen molar-refractivity contribution in [1.29, 1.82) is 0 Å². The van der Waals surface area contributed by atoms with Crippen LogP contribution in [-0.4, -0.2) is 57.6 Å². The number of nitrogens with zero attached hydrogens (tertiary/aromatic N) is 4. The van der Waals surface area contributed by atoms with Gasteiger partial charge in [-0.05, 0) is 17.7 Å². The summed E-state index contributed by atoms with van der Waals surface area (Å²) in [5, 5.41) is 25.7. The normalized spacial score (nSPS) is 14.5. The first-order valence-electron chi connectivity index (χ1n) is 8.65. The number of carboxylic acids is 1. The molecule has 1 aliphatic rings. The topological polar surface area (TPSA) is 126 Å². The molecule has 0 unspecified atom stereocenters. The van der Waals surface area contributed by atoms with Crippen molar-refractivity contribution in [1.82, 2.24) is 9.91 Å². The van der Waals surface area contributed by atoms with E-state index in [-0.39, 0.29) is 22.5 Å². The Morgan fingerprint density at radius 1 is 1.14 bits per heavy atom. The summed E-state index contributed by atoms with van der Waals surface area (Å²) < 4.78 is 0. The number of fused-ring (bicyclic) bond motifs is 1. The zero-order valence-electron chi connectivity index (χ0n) is 15.5. The van der Waals surface area contributed by atoms with Gasteiger partial charge in [-0.15, -0.1) is 5.01 Å². The first-order chi connectivity index (χ1) is 13.9. The first-order valence-corrected chi connectivity index (χ1v) is 8.65. The van der Waals surface area contributed by atoms with Crippen LogP contribution < -0.4 is 0 Å². The van der Waals surface area contributed by atoms with Crippen LogP contribution in [0.2, 0.25) is 0 Å². The minimum atomic E-state index is -1.22. The van der Waals surface area contributed by atoms with Crippen LogP contribution in [0.25, 0.3) is 0 Å². The molecule has 0 aromatic heterocycles. The number of carbonyl (C=O) groups excluding carboxylic acids is 2. The van der Waals surface area contributed by atoms with Gasteiger partial charge in [0, 0.05) is 6.42 Å². The largest absolute Gasteiger partial charge is 0.569 e. The van der Waals surface area contributed by atoms with Crippen molar-refractivity contribution in [2.24, 2.45) is 5.28 Å². The van der Waals surface area contributed by atoms with Crippen molar-refractivity contribution in [3.8, 4) is 0 Å². The van der Waals surface area contributed by atoms with E-state index in [0.717, 1.165) is 15.5 Å². The second-order valence-corrected chi connectivity index (χ2v) is 6.29. The van der Waals surface area contributed by atoms with Gasteiger partial charge in [-0.3, -0.25) is 9.59 Å². The number of carbonyl (C=O) groups is 3. The Morgan fingerprint density at radius 3 is 2.24 bits per heavy atom. The number of aliphatic carboxylic acids is 1. The summed E-state index contributed by atoms with van der Waals surface area (Å²) >= 11 is 0. The monoisotopic (exact) mass is 398 g/mol. The molecule has 0 bridgehead atoms. The fourth-order valence-corrected chi connectivity index (χ4v) is 2.88. The zero-order chi connectivity index (χ0) is 21.0. The van der Waals surface area contributed by atoms with Gasteiger partial charge < -0.3 is 15.2 Å². The smallest absolute Gasteiger partial charge is 0.332 e. The third kappa shape index (κ3) is 4.15. The number of amides is 2. The lowest BCUT2D eigenvalue weighted by Gasteiger charge is -2.20. The van der Waals surface area contributed by atoms with Crippen LogP contribution in [0.5, 0.6) is 0 Å². The second kappa shape index (κ2) is 8.38. The molecule has 0 radical (unpaired) electrons. The predicted octanol–water partition coefficient (Wildman–Crippen LogP) is 1.68. The predicted molar refractivity (Wildman–Crippen MR) is 98.3 cm³/mol. The Hall–Kier alpha value is -3.95. The molecule has 3 rings (SSSR count). The standard InChI is InChI=1S/C19H18N4O6/c1-21(16(19(26)27)11-13-7-3-2-4-8-13)23(28)20-29-12-22-17(24)14-9-5-6-10-15(14)18(22)25/h2-10,16H,11-12H2,1H3,(H,26,27)/b23-20-/t16-/m0/s1. The molecule has 1 heterocycles. The van der Waals surface area contributed by atoms with Gasteiger partial charge in [-0.2, -0.15) is 0 Å². The van der Waals surface area contributed by atoms with Gasteiger partial charge in [0.05, 0.1) is 23.1 Å². The Labute approximate surface area is 165 Å². The third-order valence-electron chi connectivity index (χ3n) is 4.47. The van der Waals surface area contributed by atoms with Crippen LogP contribution in [-0.2, 0) is 16.1 Å². The highest BCUT2D eigenvalue weighted by atomic mass is 16.7. The molecule has 2 amide bonds. The number of hydrogen-bond acceptors (Lipinski definition) is 6. The molecule has 10 heteroatoms. The molecule has 2 aromatic rings. The number of rotatable bonds is 8. The van der Waals surface area contributed by atoms with E-state index in [0.29, 0.717) is 0 Å². The Balaban J connectivity index is 1.63. The molecule has 0 aliphatic carbocycles. The Kier molecular flexibility index (Phi) is 5.72. The highest BCUT2D eigenvalue weighted by molar-refractivity contribution is 6.21. The minimum Gasteiger partial charge on any atom is -0.569 e. The van der Waals surface area contributed by atoms with Gasteiger partial charge in [-0.1, -0.05) is 42.5 Å². The lowest BCUT2D eigenvalue weighted by Crippen LogP contribution is -2.44. The van der Waals surface area contributed by atoms with Gasteiger partial charge in [0.1, 0.15) is 0 Å². The van der Waals surface area contributed by atoms with E-state index in [4.69, 9.17) is 4.84 Å². The molecule has 1 N–H and O–H groups in total. The SMILES string of the molecule is CN([C@@H](Cc1ccccc1)C(=O)O)/[N+]([O-])=N/OCN1C(=O)c2ccccc2C1=O. The number of hydrogen-bond donors (Lipinski definition) is 1. The van der Waals surface area contributed by atoms with E-state index in [1.807, 2.05) is 0 Å². The molecule has 10 nitrogen and oxygen atoms in total. The summed E-state index contributed by atoms with van der Waals surface area (Å²) in [4.78, 5) is 41.6. The molecule has 1 atom stereocenters. The summed E-state index contributed by atoms with van der Waals surface area (Å²) in [6.07, 6.45) is 0.0688. The van der Waals surface area contributed by atoms with Crippen LogP contribution in [0.1, 0.15) is 26.3 Å². The summed E-state index contributed by atoms with van der Waals surface area (Å²) in [6.45, 7) is -0.574.